The van der Waals surface area contributed by atoms with Gasteiger partial charge in [-0.15, -0.1) is 6.42 Å². The normalized spacial score (nSPS) is 23.4. The van der Waals surface area contributed by atoms with Crippen LogP contribution in [0.5, 0.6) is 11.8 Å². The first kappa shape index (κ1) is 48.7. The third-order valence-corrected chi connectivity index (χ3v) is 15.8. The Morgan fingerprint density at radius 1 is 1.01 bits per heavy atom. The van der Waals surface area contributed by atoms with Crippen LogP contribution in [-0.2, 0) is 20.7 Å². The molecule has 0 radical (unpaired) electrons. The van der Waals surface area contributed by atoms with E-state index in [0.29, 0.717) is 86.0 Å². The van der Waals surface area contributed by atoms with Crippen LogP contribution in [0.1, 0.15) is 96.1 Å². The van der Waals surface area contributed by atoms with Crippen molar-refractivity contribution in [3.05, 3.63) is 94.7 Å². The number of piperazine rings is 1. The van der Waals surface area contributed by atoms with Crippen LogP contribution < -0.4 is 20.3 Å². The third-order valence-electron chi connectivity index (χ3n) is 15.8. The molecular weight excluding hydrogens is 953 g/mol. The van der Waals surface area contributed by atoms with Gasteiger partial charge in [0.25, 0.3) is 11.8 Å². The highest BCUT2D eigenvalue weighted by Gasteiger charge is 2.52. The molecule has 0 aliphatic carbocycles. The topological polar surface area (TPSA) is 200 Å². The number of carbonyl (C=O) groups is 5. The molecule has 17 nitrogen and oxygen atoms in total. The number of nitrogens with zero attached hydrogens (tertiary/aromatic N) is 7. The number of terminal acetylenes is 1. The Kier molecular flexibility index (Phi) is 12.7. The summed E-state index contributed by atoms with van der Waals surface area (Å²) in [5.74, 6) is -0.915. The van der Waals surface area contributed by atoms with Gasteiger partial charge >= 0.3 is 12.1 Å². The summed E-state index contributed by atoms with van der Waals surface area (Å²) in [6.07, 6.45) is 13.6. The van der Waals surface area contributed by atoms with Crippen molar-refractivity contribution < 1.29 is 47.3 Å². The molecule has 5 fully saturated rings. The standard InChI is InChI=1S/C55H55F2N9O8/c1-4-37-41(56)15-12-32-21-36(67)22-39(44(32)37)47-46(57)48-40(24-58-47)49(64-26-33-13-14-34(27-64)59-33)62-53(61-48)74-29-55-19-18-35(65(55)25-30(2)23-55)28-73-54(72)63(3)20-7-5-6-9-31-10-8-11-38-45(31)52(71)66(51(38)70)42-16-17-43(68)60-50(42)69/h1,8,10-12,15,21-22,24,33-35,42,59,67H,2,5-7,9,13-14,16-20,23,25-29H2,3H3,(H,60,68,69)/t33?,34?,35-,42?,55-/m0/s1. The zero-order valence-electron chi connectivity index (χ0n) is 40.9. The monoisotopic (exact) mass is 1010 g/mol. The number of anilines is 1. The molecular formula is C55H55F2N9O8. The number of amides is 5. The average Bonchev–Trinajstić information content (AvgIpc) is 4.09. The molecule has 19 heteroatoms. The van der Waals surface area contributed by atoms with Crippen LogP contribution in [0, 0.1) is 24.0 Å². The van der Waals surface area contributed by atoms with Gasteiger partial charge in [-0.05, 0) is 93.0 Å². The summed E-state index contributed by atoms with van der Waals surface area (Å²) >= 11 is 0. The van der Waals surface area contributed by atoms with E-state index in [-0.39, 0.29) is 89.2 Å². The largest absolute Gasteiger partial charge is 0.508 e. The molecule has 5 saturated heterocycles. The van der Waals surface area contributed by atoms with E-state index in [4.69, 9.17) is 20.9 Å². The van der Waals surface area contributed by atoms with E-state index < -0.39 is 52.9 Å². The van der Waals surface area contributed by atoms with E-state index in [1.807, 2.05) is 6.07 Å². The van der Waals surface area contributed by atoms with Gasteiger partial charge in [0.2, 0.25) is 11.8 Å². The number of hydrogen-bond donors (Lipinski definition) is 3. The SMILES string of the molecule is C#Cc1c(F)ccc2cc(O)cc(-c3ncc4c(N5CC6CCC(C5)N6)nc(OC[C@@]56CC[C@@H](COC(=O)N(C)CCCCCc7cccc8c7C(=O)N(C7CCC(=O)NC7=O)C8=O)N5CC(=C)C6)nc4c3F)c12. The van der Waals surface area contributed by atoms with Crippen molar-refractivity contribution >= 4 is 57.2 Å². The van der Waals surface area contributed by atoms with E-state index >= 15 is 8.78 Å². The Hall–Kier alpha value is -7.56. The van der Waals surface area contributed by atoms with Crippen LogP contribution >= 0.6 is 0 Å². The number of fused-ring (bicyclic) bond motifs is 6. The van der Waals surface area contributed by atoms with Crippen molar-refractivity contribution in [2.45, 2.75) is 100 Å². The number of aromatic nitrogens is 3. The fourth-order valence-corrected chi connectivity index (χ4v) is 12.2. The molecule has 0 spiro atoms. The quantitative estimate of drug-likeness (QED) is 0.0494. The summed E-state index contributed by atoms with van der Waals surface area (Å²) in [6.45, 7) is 6.92. The van der Waals surface area contributed by atoms with Gasteiger partial charge < -0.3 is 29.7 Å². The third kappa shape index (κ3) is 8.72. The number of pyridine rings is 1. The number of aryl methyl sites for hydroxylation is 1. The van der Waals surface area contributed by atoms with E-state index in [1.165, 1.54) is 30.5 Å². The predicted octanol–water partition coefficient (Wildman–Crippen LogP) is 6.18. The number of rotatable bonds is 14. The van der Waals surface area contributed by atoms with Crippen molar-refractivity contribution in [2.75, 3.05) is 51.3 Å². The molecule has 6 aliphatic rings. The Morgan fingerprint density at radius 2 is 1.82 bits per heavy atom. The zero-order valence-corrected chi connectivity index (χ0v) is 40.9. The minimum atomic E-state index is -1.03. The van der Waals surface area contributed by atoms with Gasteiger partial charge in [0.05, 0.1) is 27.6 Å². The highest BCUT2D eigenvalue weighted by Crippen LogP contribution is 2.45. The summed E-state index contributed by atoms with van der Waals surface area (Å²) < 4.78 is 44.8. The van der Waals surface area contributed by atoms with Crippen LogP contribution in [0.25, 0.3) is 32.9 Å². The second-order valence-electron chi connectivity index (χ2n) is 20.6. The van der Waals surface area contributed by atoms with Crippen LogP contribution in [0.15, 0.2) is 60.8 Å². The molecule has 74 heavy (non-hydrogen) atoms. The first-order valence-corrected chi connectivity index (χ1v) is 25.3. The van der Waals surface area contributed by atoms with Gasteiger partial charge in [-0.25, -0.2) is 13.6 Å². The molecule has 3 unspecified atom stereocenters. The molecule has 5 atom stereocenters. The summed E-state index contributed by atoms with van der Waals surface area (Å²) in [4.78, 5) is 85.4. The number of ether oxygens (including phenoxy) is 2. The minimum Gasteiger partial charge on any atom is -0.508 e. The molecule has 0 saturated carbocycles. The second kappa shape index (κ2) is 19.4. The number of phenolic OH excluding ortho intramolecular Hbond substituents is 1. The maximum atomic E-state index is 17.2. The number of benzene rings is 3. The number of hydrogen-bond acceptors (Lipinski definition) is 14. The number of imide groups is 2. The number of halogens is 2. The van der Waals surface area contributed by atoms with Gasteiger partial charge in [0.1, 0.15) is 47.9 Å². The molecule has 2 bridgehead atoms. The van der Waals surface area contributed by atoms with Crippen molar-refractivity contribution in [1.29, 1.82) is 0 Å². The molecule has 2 aromatic heterocycles. The minimum absolute atomic E-state index is 0.0263. The molecule has 5 aromatic rings. The summed E-state index contributed by atoms with van der Waals surface area (Å²) in [6, 6.07) is 9.84. The van der Waals surface area contributed by atoms with E-state index in [1.54, 1.807) is 24.1 Å². The Balaban J connectivity index is 0.742. The molecule has 6 aliphatic heterocycles. The highest BCUT2D eigenvalue weighted by atomic mass is 19.1. The first-order valence-electron chi connectivity index (χ1n) is 25.3. The lowest BCUT2D eigenvalue weighted by molar-refractivity contribution is -0.136. The van der Waals surface area contributed by atoms with Gasteiger partial charge in [-0.2, -0.15) is 9.97 Å². The van der Waals surface area contributed by atoms with Crippen LogP contribution in [0.3, 0.4) is 0 Å². The van der Waals surface area contributed by atoms with Gasteiger partial charge in [0.15, 0.2) is 5.82 Å². The fourth-order valence-electron chi connectivity index (χ4n) is 12.2. The molecule has 382 valence electrons. The van der Waals surface area contributed by atoms with E-state index in [0.717, 1.165) is 36.2 Å². The van der Waals surface area contributed by atoms with Crippen molar-refractivity contribution in [3.8, 4) is 35.4 Å². The summed E-state index contributed by atoms with van der Waals surface area (Å²) in [7, 11) is 1.69. The molecule has 3 N–H and O–H groups in total. The van der Waals surface area contributed by atoms with Gasteiger partial charge in [-0.1, -0.05) is 42.7 Å². The Bertz CT molecular complexity index is 3240. The lowest BCUT2D eigenvalue weighted by Gasteiger charge is -2.35. The maximum absolute atomic E-state index is 17.2. The Labute approximate surface area is 425 Å². The molecule has 5 amide bonds. The van der Waals surface area contributed by atoms with Gasteiger partial charge in [-0.3, -0.25) is 39.3 Å². The van der Waals surface area contributed by atoms with Crippen LogP contribution in [0.2, 0.25) is 0 Å². The number of piperidine rings is 1. The van der Waals surface area contributed by atoms with Crippen molar-refractivity contribution in [1.82, 2.24) is 40.3 Å². The van der Waals surface area contributed by atoms with Gasteiger partial charge in [0, 0.05) is 74.9 Å². The number of phenols is 1. The van der Waals surface area contributed by atoms with E-state index in [2.05, 4.69) is 42.9 Å². The Morgan fingerprint density at radius 3 is 2.61 bits per heavy atom. The molecule has 3 aromatic carbocycles. The molecule has 8 heterocycles. The van der Waals surface area contributed by atoms with Crippen molar-refractivity contribution in [3.63, 3.8) is 0 Å². The number of aromatic hydroxyl groups is 1. The lowest BCUT2D eigenvalue weighted by Crippen LogP contribution is -2.54. The number of nitrogens with one attached hydrogen (secondary N) is 2. The maximum Gasteiger partial charge on any atom is 0.409 e. The summed E-state index contributed by atoms with van der Waals surface area (Å²) in [5.41, 5.74) is 1.57. The molecule has 11 rings (SSSR count). The van der Waals surface area contributed by atoms with Crippen molar-refractivity contribution in [2.24, 2.45) is 0 Å². The highest BCUT2D eigenvalue weighted by molar-refractivity contribution is 6.24. The van der Waals surface area contributed by atoms with Crippen LogP contribution in [0.4, 0.5) is 19.4 Å². The smallest absolute Gasteiger partial charge is 0.409 e. The predicted molar refractivity (Wildman–Crippen MR) is 268 cm³/mol. The fraction of sp³-hybridized carbons (Fsp3) is 0.418. The average molecular weight is 1010 g/mol. The summed E-state index contributed by atoms with van der Waals surface area (Å²) in [5, 5.41) is 17.6. The second-order valence-corrected chi connectivity index (χ2v) is 20.6. The first-order chi connectivity index (χ1) is 35.7. The van der Waals surface area contributed by atoms with Crippen LogP contribution in [-0.4, -0.2) is 141 Å². The number of unbranched alkanes of at least 4 members (excludes halogenated alkanes) is 2. The number of carbonyl (C=O) groups excluding carboxylic acids is 5. The lowest BCUT2D eigenvalue weighted by atomic mass is 9.94. The zero-order chi connectivity index (χ0) is 51.6. The van der Waals surface area contributed by atoms with E-state index in [9.17, 15) is 29.1 Å².